The molecule has 15 heterocycles. The maximum absolute atomic E-state index is 13.7. The molecule has 0 unspecified atom stereocenters. The number of amides is 4. The summed E-state index contributed by atoms with van der Waals surface area (Å²) in [7, 11) is 0. The highest BCUT2D eigenvalue weighted by Crippen LogP contribution is 2.35. The predicted molar refractivity (Wildman–Crippen MR) is 472 cm³/mol. The number of hydrogen-bond acceptors (Lipinski definition) is 20. The molecule has 4 aromatic carbocycles. The Bertz CT molecular complexity index is 6020. The molecule has 0 saturated carbocycles. The number of rotatable bonds is 16. The van der Waals surface area contributed by atoms with E-state index >= 15 is 0 Å². The summed E-state index contributed by atoms with van der Waals surface area (Å²) in [5.41, 5.74) is 22.1. The minimum absolute atomic E-state index is 0.00739. The third-order valence-electron chi connectivity index (χ3n) is 21.7. The third-order valence-corrected chi connectivity index (χ3v) is 25.9. The molecule has 124 heavy (non-hydrogen) atoms. The van der Waals surface area contributed by atoms with Crippen LogP contribution in [0.1, 0.15) is 88.3 Å². The molecule has 19 rings (SSSR count). The molecular formula is C92H88F4N20O4S4. The summed E-state index contributed by atoms with van der Waals surface area (Å²) < 4.78 is 60.5. The van der Waals surface area contributed by atoms with E-state index in [-0.39, 0.29) is 61.5 Å². The van der Waals surface area contributed by atoms with Gasteiger partial charge in [0.1, 0.15) is 66.5 Å². The largest absolute Gasteiger partial charge is 0.375 e. The number of nitrogens with zero attached hydrogens (tertiary/aromatic N) is 19. The molecule has 4 aliphatic rings. The number of carbonyl (C=O) groups is 4. The molecule has 15 aromatic rings. The van der Waals surface area contributed by atoms with E-state index in [1.54, 1.807) is 90.2 Å². The fourth-order valence-electron chi connectivity index (χ4n) is 15.4. The molecular weight excluding hydrogens is 1650 g/mol. The number of fused-ring (bicyclic) bond motifs is 4. The Labute approximate surface area is 729 Å². The van der Waals surface area contributed by atoms with Crippen molar-refractivity contribution in [2.24, 2.45) is 0 Å². The monoisotopic (exact) mass is 1740 g/mol. The van der Waals surface area contributed by atoms with Gasteiger partial charge in [0.25, 0.3) is 0 Å². The number of anilines is 1. The first kappa shape index (κ1) is 84.7. The van der Waals surface area contributed by atoms with Crippen molar-refractivity contribution in [2.75, 3.05) is 45.0 Å². The topological polar surface area (TPSA) is 269 Å². The molecule has 0 bridgehead atoms. The minimum atomic E-state index is -0.405. The molecule has 0 atom stereocenters. The second-order valence-electron chi connectivity index (χ2n) is 30.8. The van der Waals surface area contributed by atoms with Crippen molar-refractivity contribution in [3.05, 3.63) is 280 Å². The summed E-state index contributed by atoms with van der Waals surface area (Å²) in [5, 5.41) is 22.4. The number of thiazole rings is 4. The summed E-state index contributed by atoms with van der Waals surface area (Å²) in [6.07, 6.45) is 8.24. The fraction of sp³-hybridized carbons (Fsp3) is 0.272. The van der Waals surface area contributed by atoms with E-state index in [1.807, 2.05) is 155 Å². The average molecular weight is 1740 g/mol. The smallest absolute Gasteiger partial charge is 0.245 e. The van der Waals surface area contributed by atoms with Crippen molar-refractivity contribution < 1.29 is 36.7 Å². The van der Waals surface area contributed by atoms with E-state index in [0.717, 1.165) is 137 Å². The van der Waals surface area contributed by atoms with Gasteiger partial charge in [-0.1, -0.05) is 105 Å². The first-order chi connectivity index (χ1) is 60.0. The Kier molecular flexibility index (Phi) is 25.8. The molecule has 0 spiro atoms. The first-order valence-corrected chi connectivity index (χ1v) is 44.1. The van der Waals surface area contributed by atoms with Gasteiger partial charge < -0.3 is 25.3 Å². The van der Waals surface area contributed by atoms with E-state index in [2.05, 4.69) is 64.0 Å². The van der Waals surface area contributed by atoms with Crippen LogP contribution in [0.2, 0.25) is 0 Å². The van der Waals surface area contributed by atoms with Gasteiger partial charge in [-0.15, -0.1) is 45.3 Å². The van der Waals surface area contributed by atoms with Gasteiger partial charge in [0, 0.05) is 109 Å². The van der Waals surface area contributed by atoms with Gasteiger partial charge in [-0.2, -0.15) is 20.4 Å². The van der Waals surface area contributed by atoms with Crippen molar-refractivity contribution in [3.8, 4) is 79.2 Å². The fourth-order valence-corrected chi connectivity index (χ4v) is 19.2. The van der Waals surface area contributed by atoms with Gasteiger partial charge in [0.15, 0.2) is 5.13 Å². The number of aromatic nitrogens is 15. The summed E-state index contributed by atoms with van der Waals surface area (Å²) in [4.78, 5) is 95.4. The first-order valence-electron chi connectivity index (χ1n) is 40.8. The number of nitrogens with two attached hydrogens (primary N) is 1. The van der Waals surface area contributed by atoms with E-state index in [9.17, 15) is 36.7 Å². The van der Waals surface area contributed by atoms with Crippen LogP contribution in [0.3, 0.4) is 0 Å². The Balaban J connectivity index is 0.000000122. The lowest BCUT2D eigenvalue weighted by Gasteiger charge is -2.21. The van der Waals surface area contributed by atoms with Crippen molar-refractivity contribution in [1.82, 2.24) is 93.6 Å². The van der Waals surface area contributed by atoms with Gasteiger partial charge in [0.05, 0.1) is 109 Å². The molecule has 0 aliphatic carbocycles. The molecule has 0 fully saturated rings. The Morgan fingerprint density at radius 1 is 0.363 bits per heavy atom. The zero-order chi connectivity index (χ0) is 86.2. The molecule has 4 aliphatic heterocycles. The van der Waals surface area contributed by atoms with Crippen LogP contribution in [-0.2, 0) is 97.0 Å². The molecule has 0 saturated heterocycles. The number of carbonyl (C=O) groups excluding carboxylic acids is 4. The summed E-state index contributed by atoms with van der Waals surface area (Å²) >= 11 is 6.60. The number of nitrogen functional groups attached to an aromatic ring is 1. The maximum atomic E-state index is 13.7. The Morgan fingerprint density at radius 3 is 1.11 bits per heavy atom. The van der Waals surface area contributed by atoms with Crippen LogP contribution in [0.15, 0.2) is 188 Å². The average Bonchev–Trinajstić information content (AvgIpc) is 1.63. The Morgan fingerprint density at radius 2 is 0.726 bits per heavy atom. The summed E-state index contributed by atoms with van der Waals surface area (Å²) in [6.45, 7) is 17.6. The van der Waals surface area contributed by atoms with Gasteiger partial charge in [-0.25, -0.2) is 37.5 Å². The second-order valence-corrected chi connectivity index (χ2v) is 35.7. The standard InChI is InChI=1S/C24H22FN5OS.C23H21FN6OS.C23H27FN4OS.C22H18FN5OS/c1-16-27-20-9-11-29(12-10-23(20)32-16)24(31)15-30-22(17-5-3-2-4-6-17)13-21(28-30)19-8-7-18(25)14-26-19;24-16-6-7-17(26-13-16)19-12-20(15-4-2-1-3-5-15)30(28-19)14-22(31)29-10-8-18-21(9-11-29)32-23(25)27-18;1-14(2)21-12-20(17-5-6-18(24)15(3)11-17)26-28(21)13-23(29)27-9-7-19-22(8-10-27)30-16(4)25-19;1-14-25-19-11-27(12-21(19)30-14)22(29)13-28-20(15-5-3-2-4-6-15)9-18(26-28)17-8-7-16(23)10-24-17/h2-8,13-14H,9-12,15H2,1H3;1-7,12-13H,8-11,14H2,(H2,25,27);5-6,11-12,14H,7-10,13H2,1-4H3;2-10H,11-13H2,1H3. The van der Waals surface area contributed by atoms with Crippen LogP contribution in [0.25, 0.3) is 79.2 Å². The van der Waals surface area contributed by atoms with Crippen LogP contribution < -0.4 is 5.73 Å². The number of benzene rings is 4. The van der Waals surface area contributed by atoms with Crippen molar-refractivity contribution in [3.63, 3.8) is 0 Å². The van der Waals surface area contributed by atoms with E-state index in [0.29, 0.717) is 97.1 Å². The SMILES string of the molecule is Cc1nc2c(s1)CCN(C(=O)Cn1nc(-c3ccc(F)c(C)c3)cc1C(C)C)CC2.Cc1nc2c(s1)CCN(C(=O)Cn1nc(-c3ccc(F)cn3)cc1-c1ccccc1)CC2.Cc1nc2c(s1)CN(C(=O)Cn1nc(-c3ccc(F)cn3)cc1-c1ccccc1)C2.Nc1nc2c(s1)CCN(C(=O)Cn1nc(-c3ccc(F)cn3)cc1-c1ccccc1)CC2. The molecule has 0 radical (unpaired) electrons. The van der Waals surface area contributed by atoms with Gasteiger partial charge in [0.2, 0.25) is 23.6 Å². The van der Waals surface area contributed by atoms with Gasteiger partial charge >= 0.3 is 0 Å². The van der Waals surface area contributed by atoms with E-state index in [4.69, 9.17) is 10.8 Å². The van der Waals surface area contributed by atoms with Crippen molar-refractivity contribution >= 4 is 74.1 Å². The van der Waals surface area contributed by atoms with Crippen LogP contribution in [0, 0.1) is 51.0 Å². The highest BCUT2D eigenvalue weighted by Gasteiger charge is 2.31. The lowest BCUT2D eigenvalue weighted by molar-refractivity contribution is -0.133. The minimum Gasteiger partial charge on any atom is -0.375 e. The molecule has 24 nitrogen and oxygen atoms in total. The molecule has 32 heteroatoms. The lowest BCUT2D eigenvalue weighted by atomic mass is 10.1. The number of aryl methyl sites for hydroxylation is 4. The number of hydrogen-bond donors (Lipinski definition) is 1. The van der Waals surface area contributed by atoms with Crippen LogP contribution in [0.4, 0.5) is 22.7 Å². The lowest BCUT2D eigenvalue weighted by Crippen LogP contribution is -2.36. The van der Waals surface area contributed by atoms with E-state index < -0.39 is 17.5 Å². The highest BCUT2D eigenvalue weighted by molar-refractivity contribution is 7.15. The van der Waals surface area contributed by atoms with Crippen molar-refractivity contribution in [2.45, 2.75) is 125 Å². The molecule has 11 aromatic heterocycles. The zero-order valence-corrected chi connectivity index (χ0v) is 72.3. The normalized spacial score (nSPS) is 13.6. The highest BCUT2D eigenvalue weighted by atomic mass is 32.1. The molecule has 4 amide bonds. The second kappa shape index (κ2) is 37.8. The quantitative estimate of drug-likeness (QED) is 0.0881. The van der Waals surface area contributed by atoms with Gasteiger partial charge in [-0.05, 0) is 135 Å². The Hall–Kier alpha value is -12.9. The zero-order valence-electron chi connectivity index (χ0n) is 69.1. The maximum Gasteiger partial charge on any atom is 0.245 e. The number of pyridine rings is 3. The summed E-state index contributed by atoms with van der Waals surface area (Å²) in [5.74, 6) is -1.13. The third kappa shape index (κ3) is 20.1. The van der Waals surface area contributed by atoms with Crippen LogP contribution in [-0.4, -0.2) is 157 Å². The van der Waals surface area contributed by atoms with Crippen molar-refractivity contribution in [1.29, 1.82) is 0 Å². The molecule has 2 N–H and O–H groups in total. The molecule has 632 valence electrons. The predicted octanol–water partition coefficient (Wildman–Crippen LogP) is 16.1. The van der Waals surface area contributed by atoms with Crippen LogP contribution >= 0.6 is 45.3 Å². The van der Waals surface area contributed by atoms with E-state index in [1.165, 1.54) is 63.9 Å². The summed E-state index contributed by atoms with van der Waals surface area (Å²) in [6, 6.07) is 50.9. The van der Waals surface area contributed by atoms with Crippen LogP contribution in [0.5, 0.6) is 0 Å². The van der Waals surface area contributed by atoms with Gasteiger partial charge in [-0.3, -0.25) is 52.9 Å². The number of halogens is 4.